The molecule has 1 N–H and O–H groups in total. The van der Waals surface area contributed by atoms with Gasteiger partial charge in [0.25, 0.3) is 0 Å². The van der Waals surface area contributed by atoms with Crippen LogP contribution in [-0.2, 0) is 10.2 Å². The normalized spacial score (nSPS) is 18.7. The summed E-state index contributed by atoms with van der Waals surface area (Å²) in [6, 6.07) is 15.1. The van der Waals surface area contributed by atoms with Crippen molar-refractivity contribution in [1.82, 2.24) is 0 Å². The summed E-state index contributed by atoms with van der Waals surface area (Å²) in [5.74, 6) is 0. The van der Waals surface area contributed by atoms with Gasteiger partial charge in [-0.1, -0.05) is 63.2 Å². The number of fused-ring (bicyclic) bond motifs is 1. The first kappa shape index (κ1) is 15.0. The summed E-state index contributed by atoms with van der Waals surface area (Å²) in [4.78, 5) is 0. The van der Waals surface area contributed by atoms with Crippen molar-refractivity contribution in [3.05, 3.63) is 48.0 Å². The van der Waals surface area contributed by atoms with Crippen molar-refractivity contribution in [2.24, 2.45) is 0 Å². The molecule has 0 radical (unpaired) electrons. The Morgan fingerprint density at radius 1 is 1.05 bits per heavy atom. The number of hydrogen-bond donors (Lipinski definition) is 1. The SMILES string of the molecule is CC(C)(C)c1cccc2ccccc12.OC1CCCO1. The summed E-state index contributed by atoms with van der Waals surface area (Å²) in [6.07, 6.45) is 1.38. The van der Waals surface area contributed by atoms with Gasteiger partial charge in [0.1, 0.15) is 0 Å². The van der Waals surface area contributed by atoms with Crippen LogP contribution >= 0.6 is 0 Å². The molecule has 1 aliphatic rings. The quantitative estimate of drug-likeness (QED) is 0.776. The van der Waals surface area contributed by atoms with E-state index in [-0.39, 0.29) is 5.41 Å². The van der Waals surface area contributed by atoms with Gasteiger partial charge in [0.05, 0.1) is 0 Å². The van der Waals surface area contributed by atoms with E-state index in [4.69, 9.17) is 9.84 Å². The lowest BCUT2D eigenvalue weighted by atomic mass is 9.84. The van der Waals surface area contributed by atoms with Crippen LogP contribution < -0.4 is 0 Å². The van der Waals surface area contributed by atoms with E-state index in [2.05, 4.69) is 63.2 Å². The average Bonchev–Trinajstić information content (AvgIpc) is 2.89. The van der Waals surface area contributed by atoms with E-state index in [9.17, 15) is 0 Å². The molecule has 0 aliphatic carbocycles. The van der Waals surface area contributed by atoms with E-state index < -0.39 is 6.29 Å². The molecule has 108 valence electrons. The maximum Gasteiger partial charge on any atom is 0.154 e. The van der Waals surface area contributed by atoms with Gasteiger partial charge in [0.15, 0.2) is 6.29 Å². The zero-order chi connectivity index (χ0) is 14.6. The van der Waals surface area contributed by atoms with E-state index in [1.807, 2.05) is 0 Å². The molecule has 20 heavy (non-hydrogen) atoms. The van der Waals surface area contributed by atoms with E-state index >= 15 is 0 Å². The number of rotatable bonds is 0. The third kappa shape index (κ3) is 3.81. The summed E-state index contributed by atoms with van der Waals surface area (Å²) in [5.41, 5.74) is 1.65. The van der Waals surface area contributed by atoms with Crippen molar-refractivity contribution in [1.29, 1.82) is 0 Å². The Morgan fingerprint density at radius 2 is 1.75 bits per heavy atom. The largest absolute Gasteiger partial charge is 0.368 e. The minimum Gasteiger partial charge on any atom is -0.368 e. The van der Waals surface area contributed by atoms with Crippen molar-refractivity contribution in [2.45, 2.75) is 45.3 Å². The van der Waals surface area contributed by atoms with Crippen LogP contribution in [0.3, 0.4) is 0 Å². The third-order valence-corrected chi connectivity index (χ3v) is 3.50. The molecule has 0 saturated carbocycles. The standard InChI is InChI=1S/C14H16.C4H8O2/c1-14(2,3)13-10-6-8-11-7-4-5-9-12(11)13;5-4-2-1-3-6-4/h4-10H,1-3H3;4-5H,1-3H2. The van der Waals surface area contributed by atoms with Crippen LogP contribution in [0.2, 0.25) is 0 Å². The van der Waals surface area contributed by atoms with E-state index in [0.29, 0.717) is 0 Å². The minimum absolute atomic E-state index is 0.223. The lowest BCUT2D eigenvalue weighted by molar-refractivity contribution is -0.0589. The highest BCUT2D eigenvalue weighted by Gasteiger charge is 2.15. The fraction of sp³-hybridized carbons (Fsp3) is 0.444. The summed E-state index contributed by atoms with van der Waals surface area (Å²) < 4.78 is 4.71. The highest BCUT2D eigenvalue weighted by molar-refractivity contribution is 5.86. The molecular formula is C18H24O2. The van der Waals surface area contributed by atoms with Gasteiger partial charge in [-0.25, -0.2) is 0 Å². The van der Waals surface area contributed by atoms with Crippen molar-refractivity contribution < 1.29 is 9.84 Å². The van der Waals surface area contributed by atoms with Crippen LogP contribution in [0, 0.1) is 0 Å². The second kappa shape index (κ2) is 6.38. The van der Waals surface area contributed by atoms with E-state index in [0.717, 1.165) is 19.4 Å². The number of ether oxygens (including phenoxy) is 1. The molecule has 1 fully saturated rings. The third-order valence-electron chi connectivity index (χ3n) is 3.50. The minimum atomic E-state index is -0.454. The predicted octanol–water partition coefficient (Wildman–Crippen LogP) is 4.25. The summed E-state index contributed by atoms with van der Waals surface area (Å²) in [7, 11) is 0. The first-order valence-electron chi connectivity index (χ1n) is 7.26. The van der Waals surface area contributed by atoms with Crippen LogP contribution in [0.1, 0.15) is 39.2 Å². The highest BCUT2D eigenvalue weighted by Crippen LogP contribution is 2.29. The molecule has 0 bridgehead atoms. The second-order valence-electron chi connectivity index (χ2n) is 6.24. The Morgan fingerprint density at radius 3 is 2.30 bits per heavy atom. The Hall–Kier alpha value is -1.38. The fourth-order valence-corrected chi connectivity index (χ4v) is 2.44. The number of hydrogen-bond acceptors (Lipinski definition) is 2. The van der Waals surface area contributed by atoms with Crippen molar-refractivity contribution in [3.63, 3.8) is 0 Å². The van der Waals surface area contributed by atoms with Gasteiger partial charge in [-0.15, -0.1) is 0 Å². The highest BCUT2D eigenvalue weighted by atomic mass is 16.6. The second-order valence-corrected chi connectivity index (χ2v) is 6.24. The molecule has 1 unspecified atom stereocenters. The zero-order valence-electron chi connectivity index (χ0n) is 12.6. The molecule has 2 aromatic rings. The Bertz CT molecular complexity index is 543. The Labute approximate surface area is 121 Å². The molecule has 0 spiro atoms. The number of aliphatic hydroxyl groups is 1. The topological polar surface area (TPSA) is 29.5 Å². The van der Waals surface area contributed by atoms with Gasteiger partial charge in [-0.3, -0.25) is 0 Å². The van der Waals surface area contributed by atoms with E-state index in [1.54, 1.807) is 0 Å². The molecule has 2 nitrogen and oxygen atoms in total. The lowest BCUT2D eigenvalue weighted by Gasteiger charge is -2.21. The van der Waals surface area contributed by atoms with Gasteiger partial charge >= 0.3 is 0 Å². The monoisotopic (exact) mass is 272 g/mol. The van der Waals surface area contributed by atoms with Crippen molar-refractivity contribution >= 4 is 10.8 Å². The number of aliphatic hydroxyl groups excluding tert-OH is 1. The number of benzene rings is 2. The molecule has 3 rings (SSSR count). The van der Waals surface area contributed by atoms with Crippen LogP contribution in [0.5, 0.6) is 0 Å². The summed E-state index contributed by atoms with van der Waals surface area (Å²) >= 11 is 0. The maximum absolute atomic E-state index is 8.51. The van der Waals surface area contributed by atoms with Gasteiger partial charge < -0.3 is 9.84 Å². The van der Waals surface area contributed by atoms with Crippen molar-refractivity contribution in [3.8, 4) is 0 Å². The summed E-state index contributed by atoms with van der Waals surface area (Å²) in [5, 5.41) is 11.2. The first-order chi connectivity index (χ1) is 9.48. The fourth-order valence-electron chi connectivity index (χ4n) is 2.44. The molecule has 0 aromatic heterocycles. The van der Waals surface area contributed by atoms with Crippen LogP contribution in [0.4, 0.5) is 0 Å². The molecule has 2 heteroatoms. The van der Waals surface area contributed by atoms with Crippen molar-refractivity contribution in [2.75, 3.05) is 6.61 Å². The summed E-state index contributed by atoms with van der Waals surface area (Å²) in [6.45, 7) is 7.51. The van der Waals surface area contributed by atoms with Gasteiger partial charge in [0, 0.05) is 13.0 Å². The van der Waals surface area contributed by atoms with Gasteiger partial charge in [0.2, 0.25) is 0 Å². The van der Waals surface area contributed by atoms with Crippen LogP contribution in [0.25, 0.3) is 10.8 Å². The van der Waals surface area contributed by atoms with Gasteiger partial charge in [-0.2, -0.15) is 0 Å². The Kier molecular flexibility index (Phi) is 4.79. The van der Waals surface area contributed by atoms with Gasteiger partial charge in [-0.05, 0) is 28.2 Å². The lowest BCUT2D eigenvalue weighted by Crippen LogP contribution is -2.11. The van der Waals surface area contributed by atoms with E-state index in [1.165, 1.54) is 16.3 Å². The zero-order valence-corrected chi connectivity index (χ0v) is 12.6. The molecular weight excluding hydrogens is 248 g/mol. The molecule has 1 atom stereocenters. The Balaban J connectivity index is 0.000000205. The van der Waals surface area contributed by atoms with Crippen LogP contribution in [-0.4, -0.2) is 18.0 Å². The molecule has 0 amide bonds. The molecule has 1 aliphatic heterocycles. The smallest absolute Gasteiger partial charge is 0.154 e. The molecule has 1 heterocycles. The average molecular weight is 272 g/mol. The van der Waals surface area contributed by atoms with Crippen LogP contribution in [0.15, 0.2) is 42.5 Å². The molecule has 1 saturated heterocycles. The first-order valence-corrected chi connectivity index (χ1v) is 7.26. The maximum atomic E-state index is 8.51. The molecule has 2 aromatic carbocycles. The predicted molar refractivity (Wildman–Crippen MR) is 83.8 cm³/mol.